The van der Waals surface area contributed by atoms with E-state index >= 15 is 0 Å². The number of aromatic nitrogens is 1. The first-order chi connectivity index (χ1) is 14.0. The van der Waals surface area contributed by atoms with Gasteiger partial charge in [0, 0.05) is 48.4 Å². The molecule has 0 saturated carbocycles. The Labute approximate surface area is 169 Å². The van der Waals surface area contributed by atoms with E-state index in [1.54, 1.807) is 12.0 Å². The first-order valence-electron chi connectivity index (χ1n) is 9.84. The minimum absolute atomic E-state index is 0.0366. The highest BCUT2D eigenvalue weighted by Gasteiger charge is 2.35. The molecular formula is C23H25N3O3. The van der Waals surface area contributed by atoms with Crippen LogP contribution in [0.1, 0.15) is 17.5 Å². The zero-order chi connectivity index (χ0) is 20.4. The second-order valence-electron chi connectivity index (χ2n) is 7.51. The number of aromatic amines is 1. The van der Waals surface area contributed by atoms with E-state index < -0.39 is 0 Å². The highest BCUT2D eigenvalue weighted by Crippen LogP contribution is 2.28. The van der Waals surface area contributed by atoms with Crippen LogP contribution in [0.15, 0.2) is 48.7 Å². The molecule has 4 rings (SSSR count). The van der Waals surface area contributed by atoms with Gasteiger partial charge >= 0.3 is 0 Å². The molecule has 1 aliphatic heterocycles. The highest BCUT2D eigenvalue weighted by atomic mass is 16.5. The molecule has 6 heteroatoms. The molecule has 1 fully saturated rings. The molecule has 0 spiro atoms. The third kappa shape index (κ3) is 3.97. The van der Waals surface area contributed by atoms with Crippen LogP contribution in [-0.4, -0.2) is 37.0 Å². The smallest absolute Gasteiger partial charge is 0.227 e. The summed E-state index contributed by atoms with van der Waals surface area (Å²) in [4.78, 5) is 30.0. The minimum atomic E-state index is -0.334. The van der Waals surface area contributed by atoms with Crippen LogP contribution in [0, 0.1) is 12.8 Å². The minimum Gasteiger partial charge on any atom is -0.497 e. The number of carbonyl (C=O) groups excluding carboxylic acids is 2. The Bertz CT molecular complexity index is 1060. The standard InChI is InChI=1S/C23H25N3O3/c1-15-6-7-21-20(10-15)16(13-25-21)8-9-24-23(28)17-11-22(27)26(14-17)18-4-3-5-19(12-18)29-2/h3-7,10,12-13,17,25H,8-9,11,14H2,1-2H3,(H,24,28). The zero-order valence-corrected chi connectivity index (χ0v) is 16.7. The second-order valence-corrected chi connectivity index (χ2v) is 7.51. The van der Waals surface area contributed by atoms with Crippen LogP contribution in [0.3, 0.4) is 0 Å². The summed E-state index contributed by atoms with van der Waals surface area (Å²) in [7, 11) is 1.59. The van der Waals surface area contributed by atoms with Gasteiger partial charge in [-0.2, -0.15) is 0 Å². The van der Waals surface area contributed by atoms with Crippen molar-refractivity contribution in [1.82, 2.24) is 10.3 Å². The van der Waals surface area contributed by atoms with Crippen LogP contribution in [-0.2, 0) is 16.0 Å². The maximum atomic E-state index is 12.6. The lowest BCUT2D eigenvalue weighted by atomic mass is 10.1. The molecule has 3 aromatic rings. The molecule has 0 bridgehead atoms. The Morgan fingerprint density at radius 3 is 2.97 bits per heavy atom. The molecule has 6 nitrogen and oxygen atoms in total. The number of rotatable bonds is 6. The summed E-state index contributed by atoms with van der Waals surface area (Å²) in [6.07, 6.45) is 2.98. The summed E-state index contributed by atoms with van der Waals surface area (Å²) >= 11 is 0. The van der Waals surface area contributed by atoms with Crippen molar-refractivity contribution in [2.75, 3.05) is 25.1 Å². The highest BCUT2D eigenvalue weighted by molar-refractivity contribution is 6.00. The van der Waals surface area contributed by atoms with Crippen LogP contribution in [0.2, 0.25) is 0 Å². The van der Waals surface area contributed by atoms with Gasteiger partial charge in [-0.3, -0.25) is 9.59 Å². The summed E-state index contributed by atoms with van der Waals surface area (Å²) in [5, 5.41) is 4.19. The monoisotopic (exact) mass is 391 g/mol. The zero-order valence-electron chi connectivity index (χ0n) is 16.7. The van der Waals surface area contributed by atoms with E-state index in [1.807, 2.05) is 30.5 Å². The number of methoxy groups -OCH3 is 1. The van der Waals surface area contributed by atoms with Gasteiger partial charge in [0.2, 0.25) is 11.8 Å². The third-order valence-corrected chi connectivity index (χ3v) is 5.48. The average Bonchev–Trinajstić information content (AvgIpc) is 3.31. The Morgan fingerprint density at radius 2 is 2.14 bits per heavy atom. The third-order valence-electron chi connectivity index (χ3n) is 5.48. The molecule has 150 valence electrons. The van der Waals surface area contributed by atoms with Gasteiger partial charge in [0.05, 0.1) is 13.0 Å². The van der Waals surface area contributed by atoms with Crippen LogP contribution in [0.5, 0.6) is 5.75 Å². The molecule has 1 aromatic heterocycles. The summed E-state index contributed by atoms with van der Waals surface area (Å²) in [6, 6.07) is 13.7. The quantitative estimate of drug-likeness (QED) is 0.678. The van der Waals surface area contributed by atoms with E-state index in [4.69, 9.17) is 4.74 Å². The van der Waals surface area contributed by atoms with Crippen molar-refractivity contribution in [3.63, 3.8) is 0 Å². The van der Waals surface area contributed by atoms with Crippen molar-refractivity contribution >= 4 is 28.4 Å². The number of ether oxygens (including phenoxy) is 1. The fourth-order valence-electron chi connectivity index (χ4n) is 3.87. The predicted molar refractivity (Wildman–Crippen MR) is 113 cm³/mol. The number of anilines is 1. The number of H-pyrrole nitrogens is 1. The summed E-state index contributed by atoms with van der Waals surface area (Å²) in [6.45, 7) is 3.01. The van der Waals surface area contributed by atoms with Gasteiger partial charge in [-0.1, -0.05) is 17.7 Å². The van der Waals surface area contributed by atoms with Crippen LogP contribution >= 0.6 is 0 Å². The summed E-state index contributed by atoms with van der Waals surface area (Å²) < 4.78 is 5.23. The lowest BCUT2D eigenvalue weighted by Gasteiger charge is -2.17. The van der Waals surface area contributed by atoms with Gasteiger partial charge in [0.25, 0.3) is 0 Å². The molecule has 1 atom stereocenters. The number of hydrogen-bond donors (Lipinski definition) is 2. The molecule has 29 heavy (non-hydrogen) atoms. The van der Waals surface area contributed by atoms with Crippen molar-refractivity contribution in [2.24, 2.45) is 5.92 Å². The maximum Gasteiger partial charge on any atom is 0.227 e. The van der Waals surface area contributed by atoms with Gasteiger partial charge in [-0.05, 0) is 43.2 Å². The van der Waals surface area contributed by atoms with Crippen LogP contribution in [0.25, 0.3) is 10.9 Å². The number of carbonyl (C=O) groups is 2. The normalized spacial score (nSPS) is 16.4. The summed E-state index contributed by atoms with van der Waals surface area (Å²) in [5.41, 5.74) is 4.26. The first-order valence-corrected chi connectivity index (χ1v) is 9.84. The molecule has 2 heterocycles. The van der Waals surface area contributed by atoms with Crippen LogP contribution in [0.4, 0.5) is 5.69 Å². The van der Waals surface area contributed by atoms with Crippen molar-refractivity contribution in [3.05, 3.63) is 59.8 Å². The fraction of sp³-hybridized carbons (Fsp3) is 0.304. The molecule has 2 N–H and O–H groups in total. The predicted octanol–water partition coefficient (Wildman–Crippen LogP) is 3.20. The van der Waals surface area contributed by atoms with E-state index in [0.29, 0.717) is 18.8 Å². The van der Waals surface area contributed by atoms with Crippen molar-refractivity contribution in [2.45, 2.75) is 19.8 Å². The van der Waals surface area contributed by atoms with Crippen molar-refractivity contribution < 1.29 is 14.3 Å². The summed E-state index contributed by atoms with van der Waals surface area (Å²) in [5.74, 6) is 0.251. The SMILES string of the molecule is COc1cccc(N2CC(C(=O)NCCc3c[nH]c4ccc(C)cc34)CC2=O)c1. The molecule has 0 radical (unpaired) electrons. The molecular weight excluding hydrogens is 366 g/mol. The first kappa shape index (κ1) is 19.1. The lowest BCUT2D eigenvalue weighted by molar-refractivity contribution is -0.126. The largest absolute Gasteiger partial charge is 0.497 e. The number of nitrogens with zero attached hydrogens (tertiary/aromatic N) is 1. The molecule has 1 saturated heterocycles. The lowest BCUT2D eigenvalue weighted by Crippen LogP contribution is -2.34. The maximum absolute atomic E-state index is 12.6. The van der Waals surface area contributed by atoms with Gasteiger partial charge in [0.15, 0.2) is 0 Å². The van der Waals surface area contributed by atoms with E-state index in [1.165, 1.54) is 16.5 Å². The molecule has 0 aliphatic carbocycles. The van der Waals surface area contributed by atoms with Gasteiger partial charge < -0.3 is 19.9 Å². The Kier molecular flexibility index (Phi) is 5.25. The van der Waals surface area contributed by atoms with Gasteiger partial charge in [0.1, 0.15) is 5.75 Å². The number of aryl methyl sites for hydroxylation is 1. The van der Waals surface area contributed by atoms with E-state index in [-0.39, 0.29) is 24.2 Å². The van der Waals surface area contributed by atoms with Crippen molar-refractivity contribution in [1.29, 1.82) is 0 Å². The van der Waals surface area contributed by atoms with E-state index in [0.717, 1.165) is 17.6 Å². The van der Waals surface area contributed by atoms with E-state index in [2.05, 4.69) is 35.4 Å². The number of benzene rings is 2. The molecule has 1 unspecified atom stereocenters. The average molecular weight is 391 g/mol. The number of nitrogens with one attached hydrogen (secondary N) is 2. The van der Waals surface area contributed by atoms with Crippen LogP contribution < -0.4 is 15.0 Å². The van der Waals surface area contributed by atoms with E-state index in [9.17, 15) is 9.59 Å². The Balaban J connectivity index is 1.35. The molecule has 2 amide bonds. The molecule has 2 aromatic carbocycles. The molecule has 1 aliphatic rings. The Hall–Kier alpha value is -3.28. The Morgan fingerprint density at radius 1 is 1.28 bits per heavy atom. The second kappa shape index (κ2) is 7.99. The van der Waals surface area contributed by atoms with Crippen molar-refractivity contribution in [3.8, 4) is 5.75 Å². The van der Waals surface area contributed by atoms with Gasteiger partial charge in [-0.15, -0.1) is 0 Å². The van der Waals surface area contributed by atoms with Gasteiger partial charge in [-0.25, -0.2) is 0 Å². The topological polar surface area (TPSA) is 74.4 Å². The number of amides is 2. The number of hydrogen-bond acceptors (Lipinski definition) is 3. The fourth-order valence-corrected chi connectivity index (χ4v) is 3.87. The number of fused-ring (bicyclic) bond motifs is 1.